The topological polar surface area (TPSA) is 109 Å². The van der Waals surface area contributed by atoms with Gasteiger partial charge in [-0.25, -0.2) is 14.3 Å². The molecule has 0 saturated carbocycles. The van der Waals surface area contributed by atoms with Crippen molar-refractivity contribution in [3.63, 3.8) is 0 Å². The Hall–Kier alpha value is -2.78. The lowest BCUT2D eigenvalue weighted by atomic mass is 10.1. The Morgan fingerprint density at radius 2 is 1.95 bits per heavy atom. The molecule has 0 bridgehead atoms. The molecular formula is C10H6F3N5O2. The molecule has 0 aliphatic heterocycles. The molecule has 1 aromatic carbocycles. The summed E-state index contributed by atoms with van der Waals surface area (Å²) in [6.45, 7) is 0. The summed E-state index contributed by atoms with van der Waals surface area (Å²) in [5, 5.41) is 5.54. The number of hydrogen-bond acceptors (Lipinski definition) is 4. The van der Waals surface area contributed by atoms with E-state index >= 15 is 0 Å². The van der Waals surface area contributed by atoms with E-state index in [0.717, 1.165) is 10.5 Å². The van der Waals surface area contributed by atoms with Gasteiger partial charge < -0.3 is 10.7 Å². The fraction of sp³-hybridized carbons (Fsp3) is 0.100. The smallest absolute Gasteiger partial charge is 0.398 e. The van der Waals surface area contributed by atoms with Gasteiger partial charge in [-0.2, -0.15) is 13.2 Å². The number of rotatable bonds is 0. The highest BCUT2D eigenvalue weighted by molar-refractivity contribution is 5.82. The first-order chi connectivity index (χ1) is 9.29. The molecule has 0 saturated heterocycles. The molecule has 3 rings (SSSR count). The van der Waals surface area contributed by atoms with Crippen LogP contribution in [0, 0.1) is 0 Å². The van der Waals surface area contributed by atoms with E-state index in [4.69, 9.17) is 5.73 Å². The van der Waals surface area contributed by atoms with Crippen molar-refractivity contribution in [2.45, 2.75) is 6.18 Å². The largest absolute Gasteiger partial charge is 0.418 e. The number of nitrogens with zero attached hydrogens (tertiary/aromatic N) is 2. The maximum atomic E-state index is 12.8. The second-order valence-electron chi connectivity index (χ2n) is 4.10. The number of aromatic nitrogens is 4. The van der Waals surface area contributed by atoms with Gasteiger partial charge in [0.05, 0.1) is 16.6 Å². The Morgan fingerprint density at radius 1 is 1.25 bits per heavy atom. The van der Waals surface area contributed by atoms with E-state index in [0.29, 0.717) is 6.07 Å². The standard InChI is InChI=1S/C10H6F3N5O2/c11-10(12,13)3-1-5-6(2-4(3)14)18-7(8(19)15-5)16-17-9(18)20/h1-2H,14H2,(H,15,19)(H,17,20). The summed E-state index contributed by atoms with van der Waals surface area (Å²) >= 11 is 0. The molecule has 104 valence electrons. The molecule has 2 aromatic heterocycles. The van der Waals surface area contributed by atoms with Crippen molar-refractivity contribution < 1.29 is 13.2 Å². The highest BCUT2D eigenvalue weighted by Crippen LogP contribution is 2.35. The Balaban J connectivity index is 2.55. The summed E-state index contributed by atoms with van der Waals surface area (Å²) in [6, 6.07) is 1.66. The lowest BCUT2D eigenvalue weighted by Gasteiger charge is -2.11. The molecule has 0 atom stereocenters. The number of nitrogens with one attached hydrogen (secondary N) is 2. The minimum Gasteiger partial charge on any atom is -0.398 e. The van der Waals surface area contributed by atoms with Gasteiger partial charge in [-0.15, -0.1) is 5.10 Å². The summed E-state index contributed by atoms with van der Waals surface area (Å²) in [6.07, 6.45) is -4.66. The number of halogens is 3. The van der Waals surface area contributed by atoms with Crippen LogP contribution in [0.1, 0.15) is 5.56 Å². The summed E-state index contributed by atoms with van der Waals surface area (Å²) in [5.74, 6) is 0. The van der Waals surface area contributed by atoms with Crippen LogP contribution in [0.5, 0.6) is 0 Å². The van der Waals surface area contributed by atoms with E-state index in [1.165, 1.54) is 0 Å². The van der Waals surface area contributed by atoms with Crippen LogP contribution >= 0.6 is 0 Å². The highest BCUT2D eigenvalue weighted by atomic mass is 19.4. The Kier molecular flexibility index (Phi) is 2.22. The zero-order chi connectivity index (χ0) is 14.7. The number of benzene rings is 1. The molecule has 0 radical (unpaired) electrons. The molecule has 2 heterocycles. The average Bonchev–Trinajstić information content (AvgIpc) is 2.72. The number of anilines is 1. The van der Waals surface area contributed by atoms with Crippen molar-refractivity contribution in [3.8, 4) is 0 Å². The van der Waals surface area contributed by atoms with Crippen LogP contribution in [-0.2, 0) is 6.18 Å². The zero-order valence-electron chi connectivity index (χ0n) is 9.58. The monoisotopic (exact) mass is 285 g/mol. The number of nitrogen functional groups attached to an aromatic ring is 1. The van der Waals surface area contributed by atoms with Gasteiger partial charge in [-0.3, -0.25) is 4.79 Å². The average molecular weight is 285 g/mol. The summed E-state index contributed by atoms with van der Waals surface area (Å²) in [4.78, 5) is 25.4. The fourth-order valence-corrected chi connectivity index (χ4v) is 1.99. The predicted molar refractivity (Wildman–Crippen MR) is 63.4 cm³/mol. The van der Waals surface area contributed by atoms with Crippen LogP contribution in [0.25, 0.3) is 16.7 Å². The van der Waals surface area contributed by atoms with E-state index in [1.807, 2.05) is 5.10 Å². The molecular weight excluding hydrogens is 279 g/mol. The van der Waals surface area contributed by atoms with Gasteiger partial charge in [0.25, 0.3) is 5.56 Å². The second-order valence-corrected chi connectivity index (χ2v) is 4.10. The number of fused-ring (bicyclic) bond motifs is 3. The first-order valence-corrected chi connectivity index (χ1v) is 5.29. The van der Waals surface area contributed by atoms with E-state index in [1.54, 1.807) is 0 Å². The molecule has 0 amide bonds. The Bertz CT molecular complexity index is 950. The summed E-state index contributed by atoms with van der Waals surface area (Å²) in [5.41, 5.74) is 1.83. The second kappa shape index (κ2) is 3.62. The van der Waals surface area contributed by atoms with Crippen LogP contribution in [0.4, 0.5) is 18.9 Å². The molecule has 20 heavy (non-hydrogen) atoms. The predicted octanol–water partition coefficient (Wildman–Crippen LogP) is 0.465. The highest BCUT2D eigenvalue weighted by Gasteiger charge is 2.33. The third-order valence-corrected chi connectivity index (χ3v) is 2.84. The molecule has 0 unspecified atom stereocenters. The van der Waals surface area contributed by atoms with Crippen LogP contribution < -0.4 is 17.0 Å². The van der Waals surface area contributed by atoms with E-state index in [2.05, 4.69) is 10.1 Å². The van der Waals surface area contributed by atoms with Gasteiger partial charge >= 0.3 is 11.9 Å². The van der Waals surface area contributed by atoms with E-state index in [-0.39, 0.29) is 16.7 Å². The van der Waals surface area contributed by atoms with Crippen molar-refractivity contribution >= 4 is 22.4 Å². The number of nitrogens with two attached hydrogens (primary N) is 1. The molecule has 10 heteroatoms. The molecule has 7 nitrogen and oxygen atoms in total. The lowest BCUT2D eigenvalue weighted by Crippen LogP contribution is -2.18. The third kappa shape index (κ3) is 1.57. The van der Waals surface area contributed by atoms with Gasteiger partial charge in [0.1, 0.15) is 0 Å². The first-order valence-electron chi connectivity index (χ1n) is 5.29. The van der Waals surface area contributed by atoms with Crippen molar-refractivity contribution in [2.24, 2.45) is 0 Å². The SMILES string of the molecule is Nc1cc2c(cc1C(F)(F)F)[nH]c(=O)c1n[nH]c(=O)n12. The molecule has 0 spiro atoms. The normalized spacial score (nSPS) is 12.3. The molecule has 4 N–H and O–H groups in total. The van der Waals surface area contributed by atoms with Crippen LogP contribution in [0.2, 0.25) is 0 Å². The fourth-order valence-electron chi connectivity index (χ4n) is 1.99. The molecule has 0 aliphatic carbocycles. The van der Waals surface area contributed by atoms with Crippen molar-refractivity contribution in [1.29, 1.82) is 0 Å². The van der Waals surface area contributed by atoms with Gasteiger partial charge in [0.2, 0.25) is 5.65 Å². The maximum Gasteiger partial charge on any atom is 0.418 e. The van der Waals surface area contributed by atoms with Gasteiger partial charge in [0.15, 0.2) is 0 Å². The minimum absolute atomic E-state index is 0.0313. The van der Waals surface area contributed by atoms with E-state index < -0.39 is 28.7 Å². The van der Waals surface area contributed by atoms with Crippen molar-refractivity contribution in [1.82, 2.24) is 19.6 Å². The Labute approximate surface area is 106 Å². The van der Waals surface area contributed by atoms with Crippen LogP contribution in [0.3, 0.4) is 0 Å². The summed E-state index contributed by atoms with van der Waals surface area (Å²) < 4.78 is 39.1. The van der Waals surface area contributed by atoms with Gasteiger partial charge in [-0.1, -0.05) is 0 Å². The summed E-state index contributed by atoms with van der Waals surface area (Å²) in [7, 11) is 0. The lowest BCUT2D eigenvalue weighted by molar-refractivity contribution is -0.136. The van der Waals surface area contributed by atoms with Crippen molar-refractivity contribution in [2.75, 3.05) is 5.73 Å². The van der Waals surface area contributed by atoms with E-state index in [9.17, 15) is 22.8 Å². The number of alkyl halides is 3. The third-order valence-electron chi connectivity index (χ3n) is 2.84. The van der Waals surface area contributed by atoms with Gasteiger partial charge in [-0.05, 0) is 12.1 Å². The first kappa shape index (κ1) is 12.3. The zero-order valence-corrected chi connectivity index (χ0v) is 9.58. The number of aromatic amines is 2. The molecule has 0 aliphatic rings. The van der Waals surface area contributed by atoms with Gasteiger partial charge in [0, 0.05) is 5.69 Å². The molecule has 3 aromatic rings. The van der Waals surface area contributed by atoms with Crippen molar-refractivity contribution in [3.05, 3.63) is 38.5 Å². The van der Waals surface area contributed by atoms with Crippen LogP contribution in [-0.4, -0.2) is 19.6 Å². The quantitative estimate of drug-likeness (QED) is 0.521. The maximum absolute atomic E-state index is 12.8. The van der Waals surface area contributed by atoms with Crippen LogP contribution in [0.15, 0.2) is 21.7 Å². The number of hydrogen-bond donors (Lipinski definition) is 3. The Morgan fingerprint density at radius 3 is 2.60 bits per heavy atom. The minimum atomic E-state index is -4.66. The molecule has 0 fully saturated rings. The number of H-pyrrole nitrogens is 2.